The minimum absolute atomic E-state index is 0.163. The largest absolute Gasteiger partial charge is 0.493 e. The number of carbonyl (C=O) groups is 1. The van der Waals surface area contributed by atoms with Crippen LogP contribution in [0, 0.1) is 0 Å². The van der Waals surface area contributed by atoms with Crippen molar-refractivity contribution in [1.82, 2.24) is 10.6 Å². The van der Waals surface area contributed by atoms with Gasteiger partial charge in [0, 0.05) is 17.6 Å². The van der Waals surface area contributed by atoms with Gasteiger partial charge in [0.2, 0.25) is 0 Å². The fraction of sp³-hybridized carbons (Fsp3) is 0.176. The maximum atomic E-state index is 12.2. The average Bonchev–Trinajstić information content (AvgIpc) is 2.60. The first kappa shape index (κ1) is 19.3. The third-order valence-corrected chi connectivity index (χ3v) is 4.27. The van der Waals surface area contributed by atoms with Gasteiger partial charge in [0.1, 0.15) is 0 Å². The Bertz CT molecular complexity index is 799. The van der Waals surface area contributed by atoms with E-state index in [1.165, 1.54) is 14.2 Å². The second-order valence-corrected chi connectivity index (χ2v) is 6.14. The Balaban J connectivity index is 2.01. The Hall–Kier alpha value is -2.02. The molecule has 5 nitrogen and oxygen atoms in total. The summed E-state index contributed by atoms with van der Waals surface area (Å²) in [6.07, 6.45) is 0. The van der Waals surface area contributed by atoms with E-state index in [4.69, 9.17) is 44.9 Å². The van der Waals surface area contributed by atoms with E-state index >= 15 is 0 Å². The van der Waals surface area contributed by atoms with Gasteiger partial charge in [-0.15, -0.1) is 0 Å². The van der Waals surface area contributed by atoms with Gasteiger partial charge in [-0.3, -0.25) is 10.1 Å². The molecule has 0 aromatic heterocycles. The summed E-state index contributed by atoms with van der Waals surface area (Å²) in [4.78, 5) is 12.2. The lowest BCUT2D eigenvalue weighted by Gasteiger charge is -2.14. The van der Waals surface area contributed by atoms with Crippen molar-refractivity contribution in [3.05, 3.63) is 57.6 Å². The van der Waals surface area contributed by atoms with E-state index in [1.54, 1.807) is 36.4 Å². The van der Waals surface area contributed by atoms with Gasteiger partial charge in [0.25, 0.3) is 5.91 Å². The van der Waals surface area contributed by atoms with Crippen molar-refractivity contribution in [3.8, 4) is 11.5 Å². The number of methoxy groups -OCH3 is 2. The van der Waals surface area contributed by atoms with Gasteiger partial charge in [-0.25, -0.2) is 0 Å². The van der Waals surface area contributed by atoms with Crippen LogP contribution >= 0.6 is 35.4 Å². The molecule has 1 amide bonds. The molecule has 0 aliphatic rings. The predicted octanol–water partition coefficient (Wildman–Crippen LogP) is 3.82. The molecule has 0 unspecified atom stereocenters. The van der Waals surface area contributed by atoms with E-state index in [-0.39, 0.29) is 11.0 Å². The van der Waals surface area contributed by atoms with Crippen molar-refractivity contribution in [2.75, 3.05) is 14.2 Å². The fourth-order valence-corrected chi connectivity index (χ4v) is 2.67. The quantitative estimate of drug-likeness (QED) is 0.749. The Labute approximate surface area is 161 Å². The van der Waals surface area contributed by atoms with Crippen LogP contribution in [0.1, 0.15) is 15.9 Å². The third kappa shape index (κ3) is 4.98. The zero-order valence-electron chi connectivity index (χ0n) is 13.6. The van der Waals surface area contributed by atoms with Gasteiger partial charge in [0.05, 0.1) is 24.8 Å². The molecule has 0 spiro atoms. The Morgan fingerprint density at radius 3 is 2.36 bits per heavy atom. The highest BCUT2D eigenvalue weighted by Gasteiger charge is 2.13. The van der Waals surface area contributed by atoms with Gasteiger partial charge in [-0.2, -0.15) is 0 Å². The molecule has 0 saturated heterocycles. The number of benzene rings is 2. The average molecular weight is 399 g/mol. The Morgan fingerprint density at radius 1 is 1.08 bits per heavy atom. The first-order chi connectivity index (χ1) is 12.0. The Morgan fingerprint density at radius 2 is 1.72 bits per heavy atom. The van der Waals surface area contributed by atoms with E-state index in [0.717, 1.165) is 5.56 Å². The number of amides is 1. The number of hydrogen-bond donors (Lipinski definition) is 2. The number of carbonyl (C=O) groups excluding carboxylic acids is 1. The zero-order chi connectivity index (χ0) is 18.4. The molecule has 2 rings (SSSR count). The molecule has 8 heteroatoms. The van der Waals surface area contributed by atoms with Crippen LogP contribution in [0.5, 0.6) is 11.5 Å². The first-order valence-electron chi connectivity index (χ1n) is 7.20. The monoisotopic (exact) mass is 398 g/mol. The number of nitrogens with one attached hydrogen (secondary N) is 2. The molecule has 0 atom stereocenters. The maximum Gasteiger partial charge on any atom is 0.258 e. The van der Waals surface area contributed by atoms with Crippen LogP contribution in [0.15, 0.2) is 36.4 Å². The highest BCUT2D eigenvalue weighted by atomic mass is 35.5. The minimum atomic E-state index is -0.387. The van der Waals surface area contributed by atoms with Crippen LogP contribution in [0.25, 0.3) is 0 Å². The lowest BCUT2D eigenvalue weighted by molar-refractivity contribution is 0.0977. The van der Waals surface area contributed by atoms with Gasteiger partial charge in [-0.05, 0) is 36.0 Å². The summed E-state index contributed by atoms with van der Waals surface area (Å²) in [5.41, 5.74) is 1.09. The standard InChI is InChI=1S/C17H16Cl2N2O3S/c1-23-14-7-10(13(19)8-15(14)24-2)9-20-17(25)21-16(22)11-5-3-4-6-12(11)18/h3-8H,9H2,1-2H3,(H2,20,21,22,25). The van der Waals surface area contributed by atoms with E-state index in [0.29, 0.717) is 33.7 Å². The summed E-state index contributed by atoms with van der Waals surface area (Å²) in [5, 5.41) is 6.51. The van der Waals surface area contributed by atoms with Crippen LogP contribution in [0.3, 0.4) is 0 Å². The van der Waals surface area contributed by atoms with Crippen LogP contribution in [-0.4, -0.2) is 25.2 Å². The molecule has 0 saturated carbocycles. The normalized spacial score (nSPS) is 10.1. The molecular weight excluding hydrogens is 383 g/mol. The van der Waals surface area contributed by atoms with Gasteiger partial charge >= 0.3 is 0 Å². The number of hydrogen-bond acceptors (Lipinski definition) is 4. The highest BCUT2D eigenvalue weighted by molar-refractivity contribution is 7.80. The Kier molecular flexibility index (Phi) is 6.87. The number of ether oxygens (including phenoxy) is 2. The van der Waals surface area contributed by atoms with Crippen LogP contribution in [0.4, 0.5) is 0 Å². The molecule has 2 N–H and O–H groups in total. The lowest BCUT2D eigenvalue weighted by Crippen LogP contribution is -2.39. The van der Waals surface area contributed by atoms with Crippen molar-refractivity contribution in [3.63, 3.8) is 0 Å². The molecule has 132 valence electrons. The van der Waals surface area contributed by atoms with Crippen LogP contribution in [0.2, 0.25) is 10.0 Å². The summed E-state index contributed by atoms with van der Waals surface area (Å²) in [7, 11) is 3.07. The molecule has 0 radical (unpaired) electrons. The molecule has 0 heterocycles. The second kappa shape index (κ2) is 8.89. The number of rotatable bonds is 5. The second-order valence-electron chi connectivity index (χ2n) is 4.92. The molecule has 25 heavy (non-hydrogen) atoms. The zero-order valence-corrected chi connectivity index (χ0v) is 15.9. The molecule has 0 aliphatic carbocycles. The summed E-state index contributed by atoms with van der Waals surface area (Å²) in [6, 6.07) is 10.1. The van der Waals surface area contributed by atoms with Gasteiger partial charge in [0.15, 0.2) is 16.6 Å². The van der Waals surface area contributed by atoms with E-state index < -0.39 is 0 Å². The van der Waals surface area contributed by atoms with Crippen molar-refractivity contribution in [2.45, 2.75) is 6.54 Å². The van der Waals surface area contributed by atoms with Crippen LogP contribution < -0.4 is 20.1 Å². The molecular formula is C17H16Cl2N2O3S. The van der Waals surface area contributed by atoms with E-state index in [9.17, 15) is 4.79 Å². The van der Waals surface area contributed by atoms with Crippen molar-refractivity contribution >= 4 is 46.4 Å². The first-order valence-corrected chi connectivity index (χ1v) is 8.36. The molecule has 0 bridgehead atoms. The van der Waals surface area contributed by atoms with Crippen LogP contribution in [-0.2, 0) is 6.54 Å². The third-order valence-electron chi connectivity index (χ3n) is 3.34. The predicted molar refractivity (Wildman–Crippen MR) is 103 cm³/mol. The maximum absolute atomic E-state index is 12.2. The van der Waals surface area contributed by atoms with Crippen molar-refractivity contribution < 1.29 is 14.3 Å². The van der Waals surface area contributed by atoms with Crippen molar-refractivity contribution in [1.29, 1.82) is 0 Å². The molecule has 2 aromatic rings. The molecule has 0 fully saturated rings. The van der Waals surface area contributed by atoms with Gasteiger partial charge in [-0.1, -0.05) is 35.3 Å². The summed E-state index contributed by atoms with van der Waals surface area (Å²) in [6.45, 7) is 0.306. The number of halogens is 2. The summed E-state index contributed by atoms with van der Waals surface area (Å²) < 4.78 is 10.4. The van der Waals surface area contributed by atoms with E-state index in [2.05, 4.69) is 10.6 Å². The van der Waals surface area contributed by atoms with Gasteiger partial charge < -0.3 is 14.8 Å². The van der Waals surface area contributed by atoms with Crippen molar-refractivity contribution in [2.24, 2.45) is 0 Å². The SMILES string of the molecule is COc1cc(Cl)c(CNC(=S)NC(=O)c2ccccc2Cl)cc1OC. The summed E-state index contributed by atoms with van der Waals surface area (Å²) >= 11 is 17.4. The fourth-order valence-electron chi connectivity index (χ4n) is 2.07. The topological polar surface area (TPSA) is 59.6 Å². The minimum Gasteiger partial charge on any atom is -0.493 e. The lowest BCUT2D eigenvalue weighted by atomic mass is 10.2. The number of thiocarbonyl (C=S) groups is 1. The highest BCUT2D eigenvalue weighted by Crippen LogP contribution is 2.32. The summed E-state index contributed by atoms with van der Waals surface area (Å²) in [5.74, 6) is 0.696. The van der Waals surface area contributed by atoms with E-state index in [1.807, 2.05) is 0 Å². The molecule has 0 aliphatic heterocycles. The molecule has 2 aromatic carbocycles. The smallest absolute Gasteiger partial charge is 0.258 e.